The SMILES string of the molecule is CCCNC(=O)[C@@H](Cc1ccccc1)N(Cc1ccc(F)cc1)C(=O)CN(c1ccc2c(c1)OCO2)S(C)(=O)=O. The van der Waals surface area contributed by atoms with E-state index in [-0.39, 0.29) is 31.4 Å². The molecule has 1 heterocycles. The highest BCUT2D eigenvalue weighted by molar-refractivity contribution is 7.92. The lowest BCUT2D eigenvalue weighted by Crippen LogP contribution is -2.53. The largest absolute Gasteiger partial charge is 0.454 e. The normalized spacial score (nSPS) is 13.0. The van der Waals surface area contributed by atoms with Gasteiger partial charge in [0.15, 0.2) is 11.5 Å². The fraction of sp³-hybridized carbons (Fsp3) is 0.310. The van der Waals surface area contributed by atoms with Crippen LogP contribution < -0.4 is 19.1 Å². The molecule has 0 spiro atoms. The zero-order chi connectivity index (χ0) is 28.7. The zero-order valence-electron chi connectivity index (χ0n) is 22.4. The number of hydrogen-bond donors (Lipinski definition) is 1. The third-order valence-corrected chi connectivity index (χ3v) is 7.55. The monoisotopic (exact) mass is 569 g/mol. The van der Waals surface area contributed by atoms with Gasteiger partial charge in [-0.3, -0.25) is 13.9 Å². The van der Waals surface area contributed by atoms with E-state index in [4.69, 9.17) is 9.47 Å². The van der Waals surface area contributed by atoms with Crippen LogP contribution in [0, 0.1) is 5.82 Å². The molecule has 3 aromatic carbocycles. The first-order valence-corrected chi connectivity index (χ1v) is 14.7. The first-order valence-electron chi connectivity index (χ1n) is 12.9. The molecule has 4 rings (SSSR count). The zero-order valence-corrected chi connectivity index (χ0v) is 23.2. The molecule has 0 saturated carbocycles. The van der Waals surface area contributed by atoms with Gasteiger partial charge in [0.2, 0.25) is 28.6 Å². The van der Waals surface area contributed by atoms with Crippen LogP contribution in [-0.2, 0) is 32.6 Å². The summed E-state index contributed by atoms with van der Waals surface area (Å²) in [4.78, 5) is 28.8. The van der Waals surface area contributed by atoms with Crippen LogP contribution in [0.5, 0.6) is 11.5 Å². The summed E-state index contributed by atoms with van der Waals surface area (Å²) < 4.78 is 51.1. The van der Waals surface area contributed by atoms with Crippen molar-refractivity contribution in [2.75, 3.05) is 30.4 Å². The molecule has 2 amide bonds. The van der Waals surface area contributed by atoms with Crippen LogP contribution in [0.15, 0.2) is 72.8 Å². The number of nitrogens with one attached hydrogen (secondary N) is 1. The molecule has 1 aliphatic rings. The second-order valence-electron chi connectivity index (χ2n) is 9.45. The molecule has 1 N–H and O–H groups in total. The number of anilines is 1. The van der Waals surface area contributed by atoms with Crippen LogP contribution in [-0.4, -0.2) is 57.3 Å². The number of rotatable bonds is 12. The summed E-state index contributed by atoms with van der Waals surface area (Å²) in [6, 6.07) is 18.5. The Labute approximate surface area is 233 Å². The Kier molecular flexibility index (Phi) is 9.26. The van der Waals surface area contributed by atoms with E-state index in [0.717, 1.165) is 16.1 Å². The maximum absolute atomic E-state index is 14.0. The lowest BCUT2D eigenvalue weighted by molar-refractivity contribution is -0.140. The molecule has 40 heavy (non-hydrogen) atoms. The van der Waals surface area contributed by atoms with Gasteiger partial charge >= 0.3 is 0 Å². The van der Waals surface area contributed by atoms with Crippen LogP contribution >= 0.6 is 0 Å². The van der Waals surface area contributed by atoms with E-state index < -0.39 is 34.3 Å². The highest BCUT2D eigenvalue weighted by Gasteiger charge is 2.33. The van der Waals surface area contributed by atoms with E-state index in [1.807, 2.05) is 37.3 Å². The van der Waals surface area contributed by atoms with E-state index in [1.165, 1.54) is 41.3 Å². The molecule has 11 heteroatoms. The van der Waals surface area contributed by atoms with E-state index in [0.29, 0.717) is 30.0 Å². The van der Waals surface area contributed by atoms with Gasteiger partial charge in [-0.25, -0.2) is 12.8 Å². The van der Waals surface area contributed by atoms with Gasteiger partial charge in [-0.15, -0.1) is 0 Å². The number of halogens is 1. The number of carbonyl (C=O) groups is 2. The van der Waals surface area contributed by atoms with Crippen LogP contribution in [0.1, 0.15) is 24.5 Å². The van der Waals surface area contributed by atoms with Gasteiger partial charge < -0.3 is 19.7 Å². The van der Waals surface area contributed by atoms with Crippen molar-refractivity contribution in [1.82, 2.24) is 10.2 Å². The number of fused-ring (bicyclic) bond motifs is 1. The van der Waals surface area contributed by atoms with Crippen LogP contribution in [0.2, 0.25) is 0 Å². The minimum Gasteiger partial charge on any atom is -0.454 e. The molecule has 1 aliphatic heterocycles. The Morgan fingerprint density at radius 2 is 1.68 bits per heavy atom. The molecule has 1 atom stereocenters. The van der Waals surface area contributed by atoms with Crippen molar-refractivity contribution in [2.24, 2.45) is 0 Å². The number of carbonyl (C=O) groups excluding carboxylic acids is 2. The number of amides is 2. The van der Waals surface area contributed by atoms with Gasteiger partial charge in [-0.2, -0.15) is 0 Å². The summed E-state index contributed by atoms with van der Waals surface area (Å²) in [6.45, 7) is 1.75. The van der Waals surface area contributed by atoms with E-state index in [9.17, 15) is 22.4 Å². The van der Waals surface area contributed by atoms with Crippen molar-refractivity contribution < 1.29 is 31.9 Å². The van der Waals surface area contributed by atoms with Crippen LogP contribution in [0.4, 0.5) is 10.1 Å². The Hall–Kier alpha value is -4.12. The van der Waals surface area contributed by atoms with Crippen molar-refractivity contribution in [2.45, 2.75) is 32.4 Å². The maximum Gasteiger partial charge on any atom is 0.244 e. The molecule has 0 saturated heterocycles. The minimum absolute atomic E-state index is 0.01000. The fourth-order valence-electron chi connectivity index (χ4n) is 4.36. The minimum atomic E-state index is -3.92. The van der Waals surface area contributed by atoms with Gasteiger partial charge in [0, 0.05) is 25.6 Å². The predicted octanol–water partition coefficient (Wildman–Crippen LogP) is 3.49. The van der Waals surface area contributed by atoms with Crippen molar-refractivity contribution in [1.29, 1.82) is 0 Å². The number of ether oxygens (including phenoxy) is 2. The highest BCUT2D eigenvalue weighted by atomic mass is 32.2. The molecule has 0 unspecified atom stereocenters. The summed E-state index contributed by atoms with van der Waals surface area (Å²) >= 11 is 0. The predicted molar refractivity (Wildman–Crippen MR) is 149 cm³/mol. The molecule has 0 aliphatic carbocycles. The number of benzene rings is 3. The Bertz CT molecular complexity index is 1430. The summed E-state index contributed by atoms with van der Waals surface area (Å²) in [6.07, 6.45) is 1.90. The van der Waals surface area contributed by atoms with Crippen molar-refractivity contribution >= 4 is 27.5 Å². The summed E-state index contributed by atoms with van der Waals surface area (Å²) in [5, 5.41) is 2.87. The third-order valence-electron chi connectivity index (χ3n) is 6.41. The first-order chi connectivity index (χ1) is 19.2. The van der Waals surface area contributed by atoms with Gasteiger partial charge in [0.25, 0.3) is 0 Å². The Morgan fingerprint density at radius 3 is 2.35 bits per heavy atom. The Balaban J connectivity index is 1.71. The lowest BCUT2D eigenvalue weighted by atomic mass is 10.0. The Morgan fingerprint density at radius 1 is 0.975 bits per heavy atom. The van der Waals surface area contributed by atoms with E-state index in [1.54, 1.807) is 6.07 Å². The third kappa shape index (κ3) is 7.29. The van der Waals surface area contributed by atoms with Crippen molar-refractivity contribution in [3.63, 3.8) is 0 Å². The topological polar surface area (TPSA) is 105 Å². The van der Waals surface area contributed by atoms with Gasteiger partial charge in [0.1, 0.15) is 18.4 Å². The average Bonchev–Trinajstić information content (AvgIpc) is 3.41. The molecule has 3 aromatic rings. The van der Waals surface area contributed by atoms with Crippen LogP contribution in [0.3, 0.4) is 0 Å². The molecular weight excluding hydrogens is 537 g/mol. The molecule has 0 fully saturated rings. The quantitative estimate of drug-likeness (QED) is 0.358. The van der Waals surface area contributed by atoms with Crippen molar-refractivity contribution in [3.05, 3.63) is 89.7 Å². The summed E-state index contributed by atoms with van der Waals surface area (Å²) in [7, 11) is -3.92. The molecule has 9 nitrogen and oxygen atoms in total. The molecule has 0 aromatic heterocycles. The van der Waals surface area contributed by atoms with Crippen molar-refractivity contribution in [3.8, 4) is 11.5 Å². The fourth-order valence-corrected chi connectivity index (χ4v) is 5.20. The first kappa shape index (κ1) is 28.9. The summed E-state index contributed by atoms with van der Waals surface area (Å²) in [5.74, 6) is -0.566. The average molecular weight is 570 g/mol. The molecule has 0 bridgehead atoms. The lowest BCUT2D eigenvalue weighted by Gasteiger charge is -2.33. The second kappa shape index (κ2) is 12.8. The number of sulfonamides is 1. The van der Waals surface area contributed by atoms with Gasteiger partial charge in [-0.05, 0) is 41.8 Å². The van der Waals surface area contributed by atoms with Gasteiger partial charge in [0.05, 0.1) is 11.9 Å². The summed E-state index contributed by atoms with van der Waals surface area (Å²) in [5.41, 5.74) is 1.63. The standard InChI is InChI=1S/C29H32FN3O6S/c1-3-15-31-29(35)25(16-21-7-5-4-6-8-21)32(18-22-9-11-23(30)12-10-22)28(34)19-33(40(2,36)37)24-13-14-26-27(17-24)39-20-38-26/h4-14,17,25H,3,15-16,18-20H2,1-2H3,(H,31,35)/t25-/m1/s1. The van der Waals surface area contributed by atoms with E-state index >= 15 is 0 Å². The number of nitrogens with zero attached hydrogens (tertiary/aromatic N) is 2. The molecule has 212 valence electrons. The van der Waals surface area contributed by atoms with E-state index in [2.05, 4.69) is 5.32 Å². The van der Waals surface area contributed by atoms with Gasteiger partial charge in [-0.1, -0.05) is 49.4 Å². The maximum atomic E-state index is 14.0. The highest BCUT2D eigenvalue weighted by Crippen LogP contribution is 2.36. The number of hydrogen-bond acceptors (Lipinski definition) is 6. The smallest absolute Gasteiger partial charge is 0.244 e. The molecule has 0 radical (unpaired) electrons. The molecular formula is C29H32FN3O6S. The van der Waals surface area contributed by atoms with Crippen LogP contribution in [0.25, 0.3) is 0 Å². The second-order valence-corrected chi connectivity index (χ2v) is 11.4.